The van der Waals surface area contributed by atoms with E-state index in [1.165, 1.54) is 16.1 Å². The second-order valence-corrected chi connectivity index (χ2v) is 8.83. The van der Waals surface area contributed by atoms with Crippen molar-refractivity contribution >= 4 is 46.3 Å². The highest BCUT2D eigenvalue weighted by Gasteiger charge is 2.22. The third-order valence-corrected chi connectivity index (χ3v) is 7.05. The molecule has 1 aromatic heterocycles. The van der Waals surface area contributed by atoms with E-state index in [1.807, 2.05) is 18.4 Å². The highest BCUT2D eigenvalue weighted by atomic mass is 127. The van der Waals surface area contributed by atoms with Gasteiger partial charge in [-0.3, -0.25) is 9.89 Å². The Balaban J connectivity index is 0.00000289. The summed E-state index contributed by atoms with van der Waals surface area (Å²) in [5.74, 6) is 2.64. The number of fused-ring (bicyclic) bond motifs is 1. The van der Waals surface area contributed by atoms with Crippen LogP contribution in [0.4, 0.5) is 5.00 Å². The lowest BCUT2D eigenvalue weighted by molar-refractivity contribution is 0.254. The van der Waals surface area contributed by atoms with Gasteiger partial charge in [-0.2, -0.15) is 0 Å². The summed E-state index contributed by atoms with van der Waals surface area (Å²) in [5, 5.41) is 7.08. The number of ether oxygens (including phenoxy) is 2. The second-order valence-electron chi connectivity index (χ2n) is 7.90. The molecule has 176 valence electrons. The van der Waals surface area contributed by atoms with Crippen molar-refractivity contribution in [1.82, 2.24) is 15.1 Å². The van der Waals surface area contributed by atoms with Crippen LogP contribution in [0.3, 0.4) is 0 Å². The maximum Gasteiger partial charge on any atom is 0.193 e. The molecule has 1 fully saturated rings. The van der Waals surface area contributed by atoms with Crippen LogP contribution in [0.15, 0.2) is 34.6 Å². The van der Waals surface area contributed by atoms with E-state index < -0.39 is 0 Å². The van der Waals surface area contributed by atoms with Crippen LogP contribution in [-0.4, -0.2) is 82.8 Å². The van der Waals surface area contributed by atoms with Crippen molar-refractivity contribution < 1.29 is 9.47 Å². The summed E-state index contributed by atoms with van der Waals surface area (Å²) < 4.78 is 10.9. The lowest BCUT2D eigenvalue weighted by Crippen LogP contribution is -2.53. The van der Waals surface area contributed by atoms with Crippen LogP contribution < -0.4 is 19.7 Å². The van der Waals surface area contributed by atoms with Gasteiger partial charge in [0.25, 0.3) is 0 Å². The third kappa shape index (κ3) is 5.79. The lowest BCUT2D eigenvalue weighted by atomic mass is 9.99. The number of piperazine rings is 1. The van der Waals surface area contributed by atoms with Gasteiger partial charge in [-0.05, 0) is 47.2 Å². The Morgan fingerprint density at radius 3 is 2.41 bits per heavy atom. The number of hydrogen-bond donors (Lipinski definition) is 1. The first-order valence-corrected chi connectivity index (χ1v) is 11.8. The topological polar surface area (TPSA) is 52.6 Å². The van der Waals surface area contributed by atoms with Crippen molar-refractivity contribution in [3.05, 3.63) is 40.8 Å². The average Bonchev–Trinajstić information content (AvgIpc) is 3.36. The quantitative estimate of drug-likeness (QED) is 0.327. The minimum Gasteiger partial charge on any atom is -0.493 e. The van der Waals surface area contributed by atoms with Gasteiger partial charge >= 0.3 is 0 Å². The number of hydrogen-bond acceptors (Lipinski definition) is 6. The van der Waals surface area contributed by atoms with Gasteiger partial charge in [0.15, 0.2) is 17.5 Å². The zero-order chi connectivity index (χ0) is 21.6. The minimum atomic E-state index is 0. The molecule has 0 radical (unpaired) electrons. The molecular weight excluding hydrogens is 537 g/mol. The predicted molar refractivity (Wildman–Crippen MR) is 143 cm³/mol. The molecule has 1 saturated heterocycles. The fraction of sp³-hybridized carbons (Fsp3) is 0.522. The first-order valence-electron chi connectivity index (χ1n) is 10.9. The molecule has 2 aromatic rings. The summed E-state index contributed by atoms with van der Waals surface area (Å²) in [4.78, 5) is 11.8. The van der Waals surface area contributed by atoms with E-state index in [-0.39, 0.29) is 24.0 Å². The van der Waals surface area contributed by atoms with E-state index in [0.717, 1.165) is 76.2 Å². The number of nitrogens with zero attached hydrogens (tertiary/aromatic N) is 4. The number of rotatable bonds is 6. The van der Waals surface area contributed by atoms with Gasteiger partial charge in [-0.15, -0.1) is 35.3 Å². The highest BCUT2D eigenvalue weighted by molar-refractivity contribution is 14.0. The highest BCUT2D eigenvalue weighted by Crippen LogP contribution is 2.33. The van der Waals surface area contributed by atoms with Gasteiger partial charge in [0.2, 0.25) is 0 Å². The van der Waals surface area contributed by atoms with Crippen molar-refractivity contribution in [3.8, 4) is 11.5 Å². The molecule has 1 N–H and O–H groups in total. The van der Waals surface area contributed by atoms with E-state index in [9.17, 15) is 0 Å². The van der Waals surface area contributed by atoms with Gasteiger partial charge in [-0.1, -0.05) is 0 Å². The largest absolute Gasteiger partial charge is 0.493 e. The molecule has 0 aliphatic carbocycles. The van der Waals surface area contributed by atoms with Gasteiger partial charge in [0, 0.05) is 59.4 Å². The van der Waals surface area contributed by atoms with Crippen molar-refractivity contribution in [1.29, 1.82) is 0 Å². The molecule has 0 atom stereocenters. The average molecular weight is 572 g/mol. The van der Waals surface area contributed by atoms with Crippen LogP contribution >= 0.6 is 35.3 Å². The minimum absolute atomic E-state index is 0. The summed E-state index contributed by atoms with van der Waals surface area (Å²) in [7, 11) is 5.27. The van der Waals surface area contributed by atoms with Crippen LogP contribution in [0.25, 0.3) is 0 Å². The molecule has 0 bridgehead atoms. The van der Waals surface area contributed by atoms with Crippen molar-refractivity contribution in [2.75, 3.05) is 72.0 Å². The Kier molecular flexibility index (Phi) is 9.30. The molecule has 1 aromatic carbocycles. The fourth-order valence-corrected chi connectivity index (χ4v) is 5.16. The van der Waals surface area contributed by atoms with Gasteiger partial charge in [0.1, 0.15) is 0 Å². The maximum absolute atomic E-state index is 5.48. The summed E-state index contributed by atoms with van der Waals surface area (Å²) in [5.41, 5.74) is 2.69. The summed E-state index contributed by atoms with van der Waals surface area (Å²) in [6.45, 7) is 7.94. The normalized spacial score (nSPS) is 16.9. The Bertz CT molecular complexity index is 885. The molecule has 7 nitrogen and oxygen atoms in total. The second kappa shape index (κ2) is 11.9. The molecule has 4 rings (SSSR count). The molecule has 2 aliphatic heterocycles. The third-order valence-electron chi connectivity index (χ3n) is 6.12. The van der Waals surface area contributed by atoms with E-state index in [4.69, 9.17) is 9.47 Å². The molecule has 0 unspecified atom stereocenters. The van der Waals surface area contributed by atoms with Crippen LogP contribution in [0.5, 0.6) is 11.5 Å². The van der Waals surface area contributed by atoms with Gasteiger partial charge in [-0.25, -0.2) is 0 Å². The summed E-state index contributed by atoms with van der Waals surface area (Å²) >= 11 is 1.82. The number of aliphatic imine (C=N–C) groups is 1. The van der Waals surface area contributed by atoms with Gasteiger partial charge in [0.05, 0.1) is 19.2 Å². The lowest BCUT2D eigenvalue weighted by Gasteiger charge is -2.37. The van der Waals surface area contributed by atoms with E-state index in [0.29, 0.717) is 0 Å². The Morgan fingerprint density at radius 2 is 1.78 bits per heavy atom. The zero-order valence-corrected chi connectivity index (χ0v) is 22.3. The molecule has 32 heavy (non-hydrogen) atoms. The molecule has 0 amide bonds. The van der Waals surface area contributed by atoms with Crippen molar-refractivity contribution in [2.24, 2.45) is 4.99 Å². The van der Waals surface area contributed by atoms with Crippen LogP contribution in [-0.2, 0) is 13.0 Å². The SMILES string of the molecule is CN=C(NCCN1CCc2cc(OC)c(OC)cc2C1)N1CCN(c2cccs2)CC1.I. The smallest absolute Gasteiger partial charge is 0.193 e. The van der Waals surface area contributed by atoms with Crippen molar-refractivity contribution in [3.63, 3.8) is 0 Å². The van der Waals surface area contributed by atoms with E-state index in [1.54, 1.807) is 14.2 Å². The molecule has 0 spiro atoms. The van der Waals surface area contributed by atoms with Crippen LogP contribution in [0.1, 0.15) is 11.1 Å². The van der Waals surface area contributed by atoms with Crippen molar-refractivity contribution in [2.45, 2.75) is 13.0 Å². The standard InChI is InChI=1S/C23H33N5O2S.HI/c1-24-23(28-12-10-27(11-13-28)22-5-4-14-31-22)25-7-9-26-8-6-18-15-20(29-2)21(30-3)16-19(18)17-26;/h4-5,14-16H,6-13,17H2,1-3H3,(H,24,25);1H. The molecule has 3 heterocycles. The number of nitrogens with one attached hydrogen (secondary N) is 1. The Hall–Kier alpha value is -1.72. The monoisotopic (exact) mass is 571 g/mol. The number of guanidine groups is 1. The number of halogens is 1. The maximum atomic E-state index is 5.48. The first kappa shape index (κ1) is 24.9. The Morgan fingerprint density at radius 1 is 1.06 bits per heavy atom. The zero-order valence-electron chi connectivity index (χ0n) is 19.2. The van der Waals surface area contributed by atoms with Gasteiger partial charge < -0.3 is 24.6 Å². The van der Waals surface area contributed by atoms with Crippen LogP contribution in [0.2, 0.25) is 0 Å². The molecular formula is C23H34IN5O2S. The molecule has 9 heteroatoms. The summed E-state index contributed by atoms with van der Waals surface area (Å²) in [6, 6.07) is 8.58. The first-order chi connectivity index (χ1) is 15.2. The molecule has 2 aliphatic rings. The number of methoxy groups -OCH3 is 2. The summed E-state index contributed by atoms with van der Waals surface area (Å²) in [6.07, 6.45) is 1.04. The number of benzene rings is 1. The Labute approximate surface area is 212 Å². The molecule has 0 saturated carbocycles. The van der Waals surface area contributed by atoms with Crippen LogP contribution in [0, 0.1) is 0 Å². The fourth-order valence-electron chi connectivity index (χ4n) is 4.38. The predicted octanol–water partition coefficient (Wildman–Crippen LogP) is 3.14. The number of anilines is 1. The number of thiophene rings is 1. The van der Waals surface area contributed by atoms with E-state index >= 15 is 0 Å². The van der Waals surface area contributed by atoms with E-state index in [2.05, 4.69) is 54.7 Å².